The van der Waals surface area contributed by atoms with Gasteiger partial charge >= 0.3 is 5.97 Å². The van der Waals surface area contributed by atoms with Crippen molar-refractivity contribution in [3.8, 4) is 6.07 Å². The molecule has 0 amide bonds. The SMILES string of the molecule is N#Cc1ccc(CS(=O)(=O)Cc2ccc(C(=O)O)o2)cc1. The lowest BCUT2D eigenvalue weighted by Gasteiger charge is -2.03. The Morgan fingerprint density at radius 2 is 1.81 bits per heavy atom. The van der Waals surface area contributed by atoms with E-state index in [9.17, 15) is 13.2 Å². The summed E-state index contributed by atoms with van der Waals surface area (Å²) in [6.45, 7) is 0. The maximum absolute atomic E-state index is 12.0. The minimum absolute atomic E-state index is 0.0843. The summed E-state index contributed by atoms with van der Waals surface area (Å²) in [7, 11) is -3.49. The largest absolute Gasteiger partial charge is 0.475 e. The van der Waals surface area contributed by atoms with Gasteiger partial charge in [-0.1, -0.05) is 12.1 Å². The summed E-state index contributed by atoms with van der Waals surface area (Å²) in [6, 6.07) is 10.7. The van der Waals surface area contributed by atoms with Crippen molar-refractivity contribution in [3.05, 3.63) is 59.0 Å². The third kappa shape index (κ3) is 3.94. The number of sulfone groups is 1. The van der Waals surface area contributed by atoms with Crippen molar-refractivity contribution in [2.75, 3.05) is 0 Å². The van der Waals surface area contributed by atoms with Gasteiger partial charge in [0.25, 0.3) is 0 Å². The zero-order valence-corrected chi connectivity index (χ0v) is 11.6. The molecule has 7 heteroatoms. The second kappa shape index (κ2) is 5.81. The van der Waals surface area contributed by atoms with Crippen LogP contribution < -0.4 is 0 Å². The number of benzene rings is 1. The molecule has 2 aromatic rings. The van der Waals surface area contributed by atoms with Crippen LogP contribution in [-0.2, 0) is 21.3 Å². The highest BCUT2D eigenvalue weighted by atomic mass is 32.2. The van der Waals surface area contributed by atoms with Crippen LogP contribution in [0.3, 0.4) is 0 Å². The van der Waals surface area contributed by atoms with Crippen LogP contribution in [0.1, 0.15) is 27.4 Å². The van der Waals surface area contributed by atoms with Gasteiger partial charge < -0.3 is 9.52 Å². The van der Waals surface area contributed by atoms with E-state index in [0.29, 0.717) is 11.1 Å². The average molecular weight is 305 g/mol. The first-order valence-corrected chi connectivity index (χ1v) is 7.73. The first-order chi connectivity index (χ1) is 9.89. The van der Waals surface area contributed by atoms with E-state index in [1.807, 2.05) is 6.07 Å². The molecule has 0 fully saturated rings. The van der Waals surface area contributed by atoms with Crippen LogP contribution >= 0.6 is 0 Å². The molecule has 0 unspecified atom stereocenters. The highest BCUT2D eigenvalue weighted by Crippen LogP contribution is 2.15. The van der Waals surface area contributed by atoms with E-state index in [1.165, 1.54) is 12.1 Å². The zero-order valence-electron chi connectivity index (χ0n) is 10.8. The smallest absolute Gasteiger partial charge is 0.371 e. The van der Waals surface area contributed by atoms with Crippen molar-refractivity contribution in [1.82, 2.24) is 0 Å². The molecule has 1 aromatic heterocycles. The van der Waals surface area contributed by atoms with Gasteiger partial charge in [0.15, 0.2) is 9.84 Å². The number of hydrogen-bond acceptors (Lipinski definition) is 5. The molecule has 1 heterocycles. The Labute approximate surface area is 121 Å². The minimum atomic E-state index is -3.49. The second-order valence-corrected chi connectivity index (χ2v) is 6.48. The van der Waals surface area contributed by atoms with Gasteiger partial charge in [-0.25, -0.2) is 13.2 Å². The Bertz CT molecular complexity index is 797. The molecule has 108 valence electrons. The number of carboxylic acid groups (broad SMARTS) is 1. The van der Waals surface area contributed by atoms with Gasteiger partial charge in [0.2, 0.25) is 5.76 Å². The Morgan fingerprint density at radius 3 is 2.33 bits per heavy atom. The molecule has 0 aliphatic heterocycles. The highest BCUT2D eigenvalue weighted by molar-refractivity contribution is 7.89. The molecule has 0 radical (unpaired) electrons. The standard InChI is InChI=1S/C14H11NO5S/c15-7-10-1-3-11(4-2-10)8-21(18,19)9-12-5-6-13(20-12)14(16)17/h1-6H,8-9H2,(H,16,17). The molecule has 0 bridgehead atoms. The summed E-state index contributed by atoms with van der Waals surface area (Å²) in [6.07, 6.45) is 0. The average Bonchev–Trinajstić information content (AvgIpc) is 2.87. The number of rotatable bonds is 5. The van der Waals surface area contributed by atoms with Crippen molar-refractivity contribution in [3.63, 3.8) is 0 Å². The van der Waals surface area contributed by atoms with E-state index >= 15 is 0 Å². The topological polar surface area (TPSA) is 108 Å². The quantitative estimate of drug-likeness (QED) is 0.904. The van der Waals surface area contributed by atoms with Gasteiger partial charge in [0, 0.05) is 0 Å². The van der Waals surface area contributed by atoms with E-state index in [4.69, 9.17) is 14.8 Å². The maximum atomic E-state index is 12.0. The number of nitrogens with zero attached hydrogens (tertiary/aromatic N) is 1. The van der Waals surface area contributed by atoms with Crippen LogP contribution in [0.2, 0.25) is 0 Å². The Hall–Kier alpha value is -2.59. The maximum Gasteiger partial charge on any atom is 0.371 e. The van der Waals surface area contributed by atoms with Gasteiger partial charge in [-0.2, -0.15) is 5.26 Å². The van der Waals surface area contributed by atoms with Crippen molar-refractivity contribution >= 4 is 15.8 Å². The van der Waals surface area contributed by atoms with Gasteiger partial charge in [0.1, 0.15) is 11.5 Å². The summed E-state index contributed by atoms with van der Waals surface area (Å²) >= 11 is 0. The second-order valence-electron chi connectivity index (χ2n) is 4.41. The molecule has 21 heavy (non-hydrogen) atoms. The van der Waals surface area contributed by atoms with E-state index < -0.39 is 15.8 Å². The predicted octanol–water partition coefficient (Wildman–Crippen LogP) is 1.96. The lowest BCUT2D eigenvalue weighted by Crippen LogP contribution is -2.07. The fourth-order valence-electron chi connectivity index (χ4n) is 1.77. The molecule has 2 rings (SSSR count). The minimum Gasteiger partial charge on any atom is -0.475 e. The highest BCUT2D eigenvalue weighted by Gasteiger charge is 2.17. The summed E-state index contributed by atoms with van der Waals surface area (Å²) in [5, 5.41) is 17.4. The van der Waals surface area contributed by atoms with Crippen LogP contribution in [0.5, 0.6) is 0 Å². The molecular weight excluding hydrogens is 294 g/mol. The Balaban J connectivity index is 2.10. The monoisotopic (exact) mass is 305 g/mol. The number of aromatic carboxylic acids is 1. The van der Waals surface area contributed by atoms with Crippen molar-refractivity contribution in [2.24, 2.45) is 0 Å². The Morgan fingerprint density at radius 1 is 1.14 bits per heavy atom. The molecule has 1 N–H and O–H groups in total. The normalized spacial score (nSPS) is 11.0. The number of hydrogen-bond donors (Lipinski definition) is 1. The van der Waals surface area contributed by atoms with Gasteiger partial charge in [-0.3, -0.25) is 0 Å². The van der Waals surface area contributed by atoms with E-state index in [1.54, 1.807) is 24.3 Å². The summed E-state index contributed by atoms with van der Waals surface area (Å²) < 4.78 is 29.0. The van der Waals surface area contributed by atoms with Gasteiger partial charge in [-0.15, -0.1) is 0 Å². The number of nitriles is 1. The lowest BCUT2D eigenvalue weighted by molar-refractivity contribution is 0.0660. The van der Waals surface area contributed by atoms with Gasteiger partial charge in [-0.05, 0) is 29.8 Å². The summed E-state index contributed by atoms with van der Waals surface area (Å²) in [5.74, 6) is -2.03. The van der Waals surface area contributed by atoms with Crippen LogP contribution in [0.25, 0.3) is 0 Å². The van der Waals surface area contributed by atoms with E-state index in [0.717, 1.165) is 0 Å². The molecule has 0 atom stereocenters. The molecule has 0 aliphatic rings. The zero-order chi connectivity index (χ0) is 15.5. The fraction of sp³-hybridized carbons (Fsp3) is 0.143. The lowest BCUT2D eigenvalue weighted by atomic mass is 10.2. The van der Waals surface area contributed by atoms with Crippen LogP contribution in [0.15, 0.2) is 40.8 Å². The predicted molar refractivity (Wildman–Crippen MR) is 73.2 cm³/mol. The molecule has 0 spiro atoms. The molecule has 0 aliphatic carbocycles. The van der Waals surface area contributed by atoms with E-state index in [2.05, 4.69) is 0 Å². The molecule has 6 nitrogen and oxygen atoms in total. The first kappa shape index (κ1) is 14.8. The summed E-state index contributed by atoms with van der Waals surface area (Å²) in [4.78, 5) is 10.7. The third-order valence-electron chi connectivity index (χ3n) is 2.70. The molecule has 0 saturated carbocycles. The molecule has 0 saturated heterocycles. The summed E-state index contributed by atoms with van der Waals surface area (Å²) in [5.41, 5.74) is 1.01. The third-order valence-corrected chi connectivity index (χ3v) is 4.20. The number of furan rings is 1. The first-order valence-electron chi connectivity index (χ1n) is 5.91. The van der Waals surface area contributed by atoms with Gasteiger partial charge in [0.05, 0.1) is 17.4 Å². The van der Waals surface area contributed by atoms with Crippen LogP contribution in [0, 0.1) is 11.3 Å². The van der Waals surface area contributed by atoms with Crippen LogP contribution in [-0.4, -0.2) is 19.5 Å². The molecule has 1 aromatic carbocycles. The van der Waals surface area contributed by atoms with Crippen molar-refractivity contribution in [2.45, 2.75) is 11.5 Å². The van der Waals surface area contributed by atoms with Crippen molar-refractivity contribution < 1.29 is 22.7 Å². The fourth-order valence-corrected chi connectivity index (χ4v) is 3.16. The Kier molecular flexibility index (Phi) is 4.10. The van der Waals surface area contributed by atoms with E-state index in [-0.39, 0.29) is 23.0 Å². The molecular formula is C14H11NO5S. The van der Waals surface area contributed by atoms with Crippen LogP contribution in [0.4, 0.5) is 0 Å². The number of carbonyl (C=O) groups is 1. The van der Waals surface area contributed by atoms with Crippen molar-refractivity contribution in [1.29, 1.82) is 5.26 Å². The number of carboxylic acids is 1.